The van der Waals surface area contributed by atoms with E-state index in [4.69, 9.17) is 9.47 Å². The highest BCUT2D eigenvalue weighted by molar-refractivity contribution is 8.00. The fraction of sp³-hybridized carbons (Fsp3) is 0.364. The molecular weight excluding hydrogens is 388 g/mol. The first-order chi connectivity index (χ1) is 14.0. The Morgan fingerprint density at radius 2 is 1.79 bits per heavy atom. The zero-order valence-corrected chi connectivity index (χ0v) is 18.1. The summed E-state index contributed by atoms with van der Waals surface area (Å²) in [6.07, 6.45) is 1.93. The summed E-state index contributed by atoms with van der Waals surface area (Å²) in [7, 11) is 3.10. The molecule has 0 saturated heterocycles. The van der Waals surface area contributed by atoms with Gasteiger partial charge in [0.25, 0.3) is 5.91 Å². The Balaban J connectivity index is 1.99. The van der Waals surface area contributed by atoms with Gasteiger partial charge in [-0.3, -0.25) is 9.59 Å². The topological polar surface area (TPSA) is 76.7 Å². The number of ether oxygens (including phenoxy) is 2. The third kappa shape index (κ3) is 6.71. The lowest BCUT2D eigenvalue weighted by Crippen LogP contribution is -2.32. The summed E-state index contributed by atoms with van der Waals surface area (Å²) in [4.78, 5) is 25.7. The van der Waals surface area contributed by atoms with Crippen LogP contribution in [0.2, 0.25) is 0 Å². The van der Waals surface area contributed by atoms with Gasteiger partial charge < -0.3 is 20.1 Å². The van der Waals surface area contributed by atoms with Crippen LogP contribution in [0.3, 0.4) is 0 Å². The maximum absolute atomic E-state index is 12.6. The Labute approximate surface area is 176 Å². The maximum Gasteiger partial charge on any atom is 0.252 e. The van der Waals surface area contributed by atoms with E-state index in [1.165, 1.54) is 11.8 Å². The molecule has 1 atom stereocenters. The molecule has 0 aliphatic rings. The zero-order chi connectivity index (χ0) is 21.2. The second-order valence-corrected chi connectivity index (χ2v) is 7.58. The number of carbonyl (C=O) groups excluding carboxylic acids is 2. The normalized spacial score (nSPS) is 11.4. The lowest BCUT2D eigenvalue weighted by molar-refractivity contribution is -0.113. The van der Waals surface area contributed by atoms with Gasteiger partial charge in [0, 0.05) is 22.7 Å². The van der Waals surface area contributed by atoms with Crippen molar-refractivity contribution in [3.05, 3.63) is 48.0 Å². The molecule has 0 fully saturated rings. The number of amides is 2. The van der Waals surface area contributed by atoms with Gasteiger partial charge in [0.05, 0.1) is 25.5 Å². The van der Waals surface area contributed by atoms with Crippen LogP contribution in [-0.4, -0.2) is 37.8 Å². The van der Waals surface area contributed by atoms with E-state index in [1.807, 2.05) is 25.1 Å². The molecule has 0 bridgehead atoms. The fourth-order valence-electron chi connectivity index (χ4n) is 2.84. The average Bonchev–Trinajstić information content (AvgIpc) is 2.72. The van der Waals surface area contributed by atoms with Gasteiger partial charge in [-0.2, -0.15) is 0 Å². The SMILES string of the molecule is CCCC(C)NC(=O)c1ccccc1SCC(=O)Nc1ccc(OC)c(OC)c1. The second kappa shape index (κ2) is 11.4. The molecule has 0 aliphatic heterocycles. The molecule has 1 unspecified atom stereocenters. The van der Waals surface area contributed by atoms with Gasteiger partial charge in [0.2, 0.25) is 5.91 Å². The summed E-state index contributed by atoms with van der Waals surface area (Å²) < 4.78 is 10.5. The highest BCUT2D eigenvalue weighted by Gasteiger charge is 2.15. The van der Waals surface area contributed by atoms with Crippen molar-refractivity contribution in [3.8, 4) is 11.5 Å². The zero-order valence-electron chi connectivity index (χ0n) is 17.3. The minimum Gasteiger partial charge on any atom is -0.493 e. The molecule has 0 heterocycles. The van der Waals surface area contributed by atoms with Gasteiger partial charge in [-0.15, -0.1) is 11.8 Å². The first kappa shape index (κ1) is 22.6. The lowest BCUT2D eigenvalue weighted by atomic mass is 10.1. The van der Waals surface area contributed by atoms with Gasteiger partial charge in [-0.25, -0.2) is 0 Å². The average molecular weight is 417 g/mol. The number of hydrogen-bond donors (Lipinski definition) is 2. The van der Waals surface area contributed by atoms with Crippen molar-refractivity contribution in [3.63, 3.8) is 0 Å². The number of benzene rings is 2. The molecule has 2 aromatic carbocycles. The fourth-order valence-corrected chi connectivity index (χ4v) is 3.69. The third-order valence-electron chi connectivity index (χ3n) is 4.26. The Kier molecular flexibility index (Phi) is 8.86. The third-order valence-corrected chi connectivity index (χ3v) is 5.33. The van der Waals surface area contributed by atoms with Crippen LogP contribution in [0.25, 0.3) is 0 Å². The molecule has 2 rings (SSSR count). The Hall–Kier alpha value is -2.67. The summed E-state index contributed by atoms with van der Waals surface area (Å²) in [5, 5.41) is 5.85. The molecule has 0 spiro atoms. The summed E-state index contributed by atoms with van der Waals surface area (Å²) in [6, 6.07) is 12.6. The number of rotatable bonds is 10. The molecular formula is C22H28N2O4S. The number of anilines is 1. The maximum atomic E-state index is 12.6. The van der Waals surface area contributed by atoms with Crippen LogP contribution >= 0.6 is 11.8 Å². The molecule has 7 heteroatoms. The van der Waals surface area contributed by atoms with E-state index in [0.29, 0.717) is 22.7 Å². The van der Waals surface area contributed by atoms with Crippen LogP contribution in [0.4, 0.5) is 5.69 Å². The predicted molar refractivity (Wildman–Crippen MR) is 117 cm³/mol. The van der Waals surface area contributed by atoms with Crippen molar-refractivity contribution >= 4 is 29.3 Å². The van der Waals surface area contributed by atoms with E-state index in [-0.39, 0.29) is 23.6 Å². The smallest absolute Gasteiger partial charge is 0.252 e. The van der Waals surface area contributed by atoms with Crippen molar-refractivity contribution < 1.29 is 19.1 Å². The van der Waals surface area contributed by atoms with E-state index in [9.17, 15) is 9.59 Å². The van der Waals surface area contributed by atoms with Crippen LogP contribution in [0.15, 0.2) is 47.4 Å². The number of nitrogens with one attached hydrogen (secondary N) is 2. The highest BCUT2D eigenvalue weighted by atomic mass is 32.2. The quantitative estimate of drug-likeness (QED) is 0.563. The van der Waals surface area contributed by atoms with Crippen molar-refractivity contribution in [1.29, 1.82) is 0 Å². The predicted octanol–water partition coefficient (Wildman–Crippen LogP) is 4.35. The minimum atomic E-state index is -0.170. The number of hydrogen-bond acceptors (Lipinski definition) is 5. The lowest BCUT2D eigenvalue weighted by Gasteiger charge is -2.15. The van der Waals surface area contributed by atoms with Gasteiger partial charge >= 0.3 is 0 Å². The molecule has 2 amide bonds. The largest absolute Gasteiger partial charge is 0.493 e. The Morgan fingerprint density at radius 1 is 1.07 bits per heavy atom. The summed E-state index contributed by atoms with van der Waals surface area (Å²) in [5.74, 6) is 1.03. The van der Waals surface area contributed by atoms with E-state index in [1.54, 1.807) is 38.5 Å². The standard InChI is InChI=1S/C22H28N2O4S/c1-5-8-15(2)23-22(26)17-9-6-7-10-20(17)29-14-21(25)24-16-11-12-18(27-3)19(13-16)28-4/h6-7,9-13,15H,5,8,14H2,1-4H3,(H,23,26)(H,24,25). The van der Waals surface area contributed by atoms with Crippen LogP contribution in [-0.2, 0) is 4.79 Å². The molecule has 2 aromatic rings. The van der Waals surface area contributed by atoms with Gasteiger partial charge in [-0.1, -0.05) is 25.5 Å². The molecule has 2 N–H and O–H groups in total. The highest BCUT2D eigenvalue weighted by Crippen LogP contribution is 2.30. The summed E-state index contributed by atoms with van der Waals surface area (Å²) >= 11 is 1.33. The first-order valence-corrected chi connectivity index (χ1v) is 10.5. The van der Waals surface area contributed by atoms with Crippen molar-refractivity contribution in [2.75, 3.05) is 25.3 Å². The molecule has 6 nitrogen and oxygen atoms in total. The van der Waals surface area contributed by atoms with Crippen molar-refractivity contribution in [1.82, 2.24) is 5.32 Å². The number of carbonyl (C=O) groups is 2. The molecule has 29 heavy (non-hydrogen) atoms. The van der Waals surface area contributed by atoms with Crippen LogP contribution in [0.1, 0.15) is 37.0 Å². The van der Waals surface area contributed by atoms with Crippen LogP contribution < -0.4 is 20.1 Å². The van der Waals surface area contributed by atoms with Crippen molar-refractivity contribution in [2.45, 2.75) is 37.6 Å². The van der Waals surface area contributed by atoms with Crippen LogP contribution in [0.5, 0.6) is 11.5 Å². The van der Waals surface area contributed by atoms with Crippen molar-refractivity contribution in [2.24, 2.45) is 0 Å². The summed E-state index contributed by atoms with van der Waals surface area (Å²) in [5.41, 5.74) is 1.20. The monoisotopic (exact) mass is 416 g/mol. The van der Waals surface area contributed by atoms with E-state index >= 15 is 0 Å². The molecule has 0 saturated carbocycles. The van der Waals surface area contributed by atoms with Gasteiger partial charge in [0.15, 0.2) is 11.5 Å². The summed E-state index contributed by atoms with van der Waals surface area (Å²) in [6.45, 7) is 4.08. The van der Waals surface area contributed by atoms with E-state index in [2.05, 4.69) is 17.6 Å². The Morgan fingerprint density at radius 3 is 2.48 bits per heavy atom. The van der Waals surface area contributed by atoms with E-state index < -0.39 is 0 Å². The molecule has 156 valence electrons. The number of thioether (sulfide) groups is 1. The molecule has 0 radical (unpaired) electrons. The van der Waals surface area contributed by atoms with Gasteiger partial charge in [-0.05, 0) is 37.6 Å². The van der Waals surface area contributed by atoms with Gasteiger partial charge in [0.1, 0.15) is 0 Å². The molecule has 0 aromatic heterocycles. The molecule has 0 aliphatic carbocycles. The minimum absolute atomic E-state index is 0.110. The number of methoxy groups -OCH3 is 2. The Bertz CT molecular complexity index is 841. The van der Waals surface area contributed by atoms with Crippen LogP contribution in [0, 0.1) is 0 Å². The second-order valence-electron chi connectivity index (χ2n) is 6.57. The van der Waals surface area contributed by atoms with E-state index in [0.717, 1.165) is 17.7 Å². The first-order valence-electron chi connectivity index (χ1n) is 9.53.